The summed E-state index contributed by atoms with van der Waals surface area (Å²) in [5.41, 5.74) is 0. The normalized spacial score (nSPS) is 14.1. The van der Waals surface area contributed by atoms with Gasteiger partial charge in [0.1, 0.15) is 5.82 Å². The van der Waals surface area contributed by atoms with Gasteiger partial charge >= 0.3 is 6.01 Å². The van der Waals surface area contributed by atoms with Crippen molar-refractivity contribution in [2.75, 3.05) is 30.9 Å². The summed E-state index contributed by atoms with van der Waals surface area (Å²) in [4.78, 5) is 28.0. The largest absolute Gasteiger partial charge is 0.467 e. The van der Waals surface area contributed by atoms with Crippen LogP contribution in [0.1, 0.15) is 25.1 Å². The lowest BCUT2D eigenvalue weighted by molar-refractivity contribution is -0.118. The van der Waals surface area contributed by atoms with Crippen LogP contribution in [0.2, 0.25) is 0 Å². The van der Waals surface area contributed by atoms with E-state index in [0.29, 0.717) is 11.8 Å². The lowest BCUT2D eigenvalue weighted by Gasteiger charge is -2.26. The average molecular weight is 391 g/mol. The molecule has 3 rings (SSSR count). The molecule has 0 radical (unpaired) electrons. The molecule has 0 bridgehead atoms. The van der Waals surface area contributed by atoms with Gasteiger partial charge in [-0.15, -0.1) is 11.8 Å². The first-order valence-corrected chi connectivity index (χ1v) is 9.81. The number of aromatic nitrogens is 3. The van der Waals surface area contributed by atoms with Gasteiger partial charge in [0, 0.05) is 18.0 Å². The maximum absolute atomic E-state index is 12.9. The fourth-order valence-electron chi connectivity index (χ4n) is 2.70. The molecule has 0 spiro atoms. The Bertz CT molecular complexity index is 769. The zero-order chi connectivity index (χ0) is 19.1. The number of hydrogen-bond acceptors (Lipinski definition) is 7. The van der Waals surface area contributed by atoms with Crippen molar-refractivity contribution in [3.63, 3.8) is 0 Å². The van der Waals surface area contributed by atoms with Crippen LogP contribution in [0.3, 0.4) is 0 Å². The molecule has 1 aromatic heterocycles. The SMILES string of the molecule is COc1nc(CNC(=O)CSc2ccc(F)cc2)nc(N2CCCCC2)n1. The quantitative estimate of drug-likeness (QED) is 0.726. The van der Waals surface area contributed by atoms with Gasteiger partial charge < -0.3 is 15.0 Å². The molecule has 1 aliphatic heterocycles. The zero-order valence-corrected chi connectivity index (χ0v) is 16.0. The number of ether oxygens (including phenoxy) is 1. The lowest BCUT2D eigenvalue weighted by atomic mass is 10.1. The standard InChI is InChI=1S/C18H22FN5O2S/c1-26-18-22-15(21-17(23-18)24-9-3-2-4-10-24)11-20-16(25)12-27-14-7-5-13(19)6-8-14/h5-8H,2-4,9-12H2,1H3,(H,20,25). The van der Waals surface area contributed by atoms with Crippen LogP contribution in [-0.4, -0.2) is 46.8 Å². The fraction of sp³-hybridized carbons (Fsp3) is 0.444. The summed E-state index contributed by atoms with van der Waals surface area (Å²) < 4.78 is 18.1. The maximum atomic E-state index is 12.9. The van der Waals surface area contributed by atoms with Gasteiger partial charge in [0.25, 0.3) is 0 Å². The van der Waals surface area contributed by atoms with Gasteiger partial charge in [0.15, 0.2) is 5.82 Å². The number of nitrogens with one attached hydrogen (secondary N) is 1. The number of carbonyl (C=O) groups is 1. The molecule has 2 heterocycles. The molecule has 2 aromatic rings. The van der Waals surface area contributed by atoms with Gasteiger partial charge in [-0.2, -0.15) is 15.0 Å². The fourth-order valence-corrected chi connectivity index (χ4v) is 3.43. The number of amides is 1. The molecule has 144 valence electrons. The first kappa shape index (κ1) is 19.3. The topological polar surface area (TPSA) is 80.2 Å². The maximum Gasteiger partial charge on any atom is 0.321 e. The Balaban J connectivity index is 1.56. The second kappa shape index (κ2) is 9.50. The monoisotopic (exact) mass is 391 g/mol. The Morgan fingerprint density at radius 3 is 2.63 bits per heavy atom. The summed E-state index contributed by atoms with van der Waals surface area (Å²) in [6.07, 6.45) is 3.44. The molecular formula is C18H22FN5O2S. The van der Waals surface area contributed by atoms with Gasteiger partial charge in [0.2, 0.25) is 11.9 Å². The number of piperidine rings is 1. The molecule has 0 unspecified atom stereocenters. The second-order valence-electron chi connectivity index (χ2n) is 6.11. The van der Waals surface area contributed by atoms with Gasteiger partial charge in [-0.05, 0) is 43.5 Å². The Morgan fingerprint density at radius 1 is 1.19 bits per heavy atom. The van der Waals surface area contributed by atoms with Gasteiger partial charge in [0.05, 0.1) is 19.4 Å². The first-order chi connectivity index (χ1) is 13.1. The van der Waals surface area contributed by atoms with Crippen LogP contribution in [0.4, 0.5) is 10.3 Å². The lowest BCUT2D eigenvalue weighted by Crippen LogP contribution is -2.32. The molecule has 1 aromatic carbocycles. The van der Waals surface area contributed by atoms with Crippen molar-refractivity contribution < 1.29 is 13.9 Å². The molecule has 1 N–H and O–H groups in total. The van der Waals surface area contributed by atoms with E-state index in [4.69, 9.17) is 4.74 Å². The highest BCUT2D eigenvalue weighted by molar-refractivity contribution is 8.00. The van der Waals surface area contributed by atoms with E-state index in [1.54, 1.807) is 12.1 Å². The molecule has 7 nitrogen and oxygen atoms in total. The minimum atomic E-state index is -0.294. The van der Waals surface area contributed by atoms with E-state index in [1.807, 2.05) is 0 Å². The zero-order valence-electron chi connectivity index (χ0n) is 15.2. The van der Waals surface area contributed by atoms with Crippen molar-refractivity contribution in [2.45, 2.75) is 30.7 Å². The molecule has 1 fully saturated rings. The number of anilines is 1. The molecule has 1 amide bonds. The van der Waals surface area contributed by atoms with Crippen LogP contribution in [-0.2, 0) is 11.3 Å². The van der Waals surface area contributed by atoms with Crippen LogP contribution in [0, 0.1) is 5.82 Å². The highest BCUT2D eigenvalue weighted by atomic mass is 32.2. The molecule has 1 aliphatic rings. The summed E-state index contributed by atoms with van der Waals surface area (Å²) >= 11 is 1.34. The van der Waals surface area contributed by atoms with Crippen molar-refractivity contribution in [2.24, 2.45) is 0 Å². The molecular weight excluding hydrogens is 369 g/mol. The third kappa shape index (κ3) is 5.78. The third-order valence-electron chi connectivity index (χ3n) is 4.10. The van der Waals surface area contributed by atoms with Crippen molar-refractivity contribution in [3.8, 4) is 6.01 Å². The van der Waals surface area contributed by atoms with Crippen LogP contribution in [0.5, 0.6) is 6.01 Å². The molecule has 1 saturated heterocycles. The molecule has 0 aliphatic carbocycles. The van der Waals surface area contributed by atoms with Crippen molar-refractivity contribution in [1.29, 1.82) is 0 Å². The Labute approximate surface area is 161 Å². The summed E-state index contributed by atoms with van der Waals surface area (Å²) in [7, 11) is 1.51. The number of halogens is 1. The van der Waals surface area contributed by atoms with E-state index >= 15 is 0 Å². The summed E-state index contributed by atoms with van der Waals surface area (Å²) in [6, 6.07) is 6.29. The van der Waals surface area contributed by atoms with Crippen LogP contribution in [0.25, 0.3) is 0 Å². The number of benzene rings is 1. The predicted octanol–water partition coefficient (Wildman–Crippen LogP) is 2.42. The predicted molar refractivity (Wildman–Crippen MR) is 101 cm³/mol. The van der Waals surface area contributed by atoms with E-state index in [2.05, 4.69) is 25.2 Å². The average Bonchev–Trinajstić information content (AvgIpc) is 2.72. The molecule has 0 atom stereocenters. The second-order valence-corrected chi connectivity index (χ2v) is 7.15. The number of carbonyl (C=O) groups excluding carboxylic acids is 1. The molecule has 0 saturated carbocycles. The number of thioether (sulfide) groups is 1. The summed E-state index contributed by atoms with van der Waals surface area (Å²) in [5.74, 6) is 0.835. The van der Waals surface area contributed by atoms with E-state index in [1.165, 1.54) is 37.4 Å². The number of hydrogen-bond donors (Lipinski definition) is 1. The number of rotatable bonds is 7. The highest BCUT2D eigenvalue weighted by Gasteiger charge is 2.16. The van der Waals surface area contributed by atoms with E-state index in [9.17, 15) is 9.18 Å². The highest BCUT2D eigenvalue weighted by Crippen LogP contribution is 2.19. The Kier molecular flexibility index (Phi) is 6.80. The smallest absolute Gasteiger partial charge is 0.321 e. The molecule has 9 heteroatoms. The van der Waals surface area contributed by atoms with Crippen molar-refractivity contribution in [3.05, 3.63) is 35.9 Å². The van der Waals surface area contributed by atoms with E-state index in [-0.39, 0.29) is 30.0 Å². The first-order valence-electron chi connectivity index (χ1n) is 8.83. The van der Waals surface area contributed by atoms with Gasteiger partial charge in [-0.3, -0.25) is 4.79 Å². The third-order valence-corrected chi connectivity index (χ3v) is 5.11. The van der Waals surface area contributed by atoms with E-state index in [0.717, 1.165) is 30.8 Å². The van der Waals surface area contributed by atoms with Crippen molar-refractivity contribution in [1.82, 2.24) is 20.3 Å². The van der Waals surface area contributed by atoms with Gasteiger partial charge in [-0.25, -0.2) is 4.39 Å². The number of nitrogens with zero attached hydrogens (tertiary/aromatic N) is 4. The van der Waals surface area contributed by atoms with E-state index < -0.39 is 0 Å². The Hall–Kier alpha value is -2.42. The molecule has 27 heavy (non-hydrogen) atoms. The Morgan fingerprint density at radius 2 is 1.93 bits per heavy atom. The van der Waals surface area contributed by atoms with Gasteiger partial charge in [-0.1, -0.05) is 0 Å². The summed E-state index contributed by atoms with van der Waals surface area (Å²) in [5, 5.41) is 2.80. The number of methoxy groups -OCH3 is 1. The minimum absolute atomic E-state index is 0.150. The van der Waals surface area contributed by atoms with Crippen molar-refractivity contribution >= 4 is 23.6 Å². The van der Waals surface area contributed by atoms with Crippen LogP contribution < -0.4 is 15.0 Å². The van der Waals surface area contributed by atoms with Crippen LogP contribution in [0.15, 0.2) is 29.2 Å². The minimum Gasteiger partial charge on any atom is -0.467 e. The van der Waals surface area contributed by atoms with Crippen LogP contribution >= 0.6 is 11.8 Å². The summed E-state index contributed by atoms with van der Waals surface area (Å²) in [6.45, 7) is 2.02.